The monoisotopic (exact) mass is 522 g/mol. The molecule has 0 atom stereocenters. The van der Waals surface area contributed by atoms with Crippen molar-refractivity contribution in [3.63, 3.8) is 0 Å². The number of para-hydroxylation sites is 1. The van der Waals surface area contributed by atoms with Crippen LogP contribution in [-0.4, -0.2) is 70.2 Å². The number of carbonyl (C=O) groups excluding carboxylic acids is 4. The number of nitrogens with zero attached hydrogens (tertiary/aromatic N) is 3. The number of anilines is 1. The number of thioether (sulfide) groups is 1. The molecule has 2 saturated heterocycles. The first kappa shape index (κ1) is 24.7. The van der Waals surface area contributed by atoms with Gasteiger partial charge in [-0.25, -0.2) is 4.39 Å². The van der Waals surface area contributed by atoms with Crippen LogP contribution in [0.2, 0.25) is 0 Å². The first-order chi connectivity index (χ1) is 17.9. The molecule has 2 aromatic carbocycles. The molecular formula is C26H23FN4O5S. The van der Waals surface area contributed by atoms with Gasteiger partial charge in [0.15, 0.2) is 0 Å². The summed E-state index contributed by atoms with van der Waals surface area (Å²) in [6.45, 7) is 1.39. The Labute approximate surface area is 215 Å². The fraction of sp³-hybridized carbons (Fsp3) is 0.231. The third kappa shape index (κ3) is 5.42. The second kappa shape index (κ2) is 10.6. The summed E-state index contributed by atoms with van der Waals surface area (Å²) in [5, 5.41) is 3.03. The minimum atomic E-state index is -0.525. The van der Waals surface area contributed by atoms with Gasteiger partial charge < -0.3 is 19.5 Å². The van der Waals surface area contributed by atoms with Crippen molar-refractivity contribution in [1.29, 1.82) is 0 Å². The summed E-state index contributed by atoms with van der Waals surface area (Å²) in [7, 11) is 0. The molecule has 9 nitrogen and oxygen atoms in total. The number of amides is 4. The Morgan fingerprint density at radius 3 is 2.51 bits per heavy atom. The van der Waals surface area contributed by atoms with E-state index in [1.54, 1.807) is 21.7 Å². The van der Waals surface area contributed by atoms with Gasteiger partial charge in [0.2, 0.25) is 11.8 Å². The van der Waals surface area contributed by atoms with Crippen molar-refractivity contribution in [1.82, 2.24) is 14.4 Å². The van der Waals surface area contributed by atoms with Gasteiger partial charge in [0.25, 0.3) is 11.1 Å². The van der Waals surface area contributed by atoms with Gasteiger partial charge in [-0.1, -0.05) is 18.2 Å². The fourth-order valence-corrected chi connectivity index (χ4v) is 5.06. The first-order valence-corrected chi connectivity index (χ1v) is 12.4. The van der Waals surface area contributed by atoms with Gasteiger partial charge >= 0.3 is 0 Å². The van der Waals surface area contributed by atoms with Crippen LogP contribution in [0.15, 0.2) is 59.6 Å². The van der Waals surface area contributed by atoms with Gasteiger partial charge in [-0.2, -0.15) is 0 Å². The van der Waals surface area contributed by atoms with Gasteiger partial charge in [-0.05, 0) is 48.2 Å². The lowest BCUT2D eigenvalue weighted by Crippen LogP contribution is -2.46. The third-order valence-corrected chi connectivity index (χ3v) is 6.99. The molecule has 0 bridgehead atoms. The summed E-state index contributed by atoms with van der Waals surface area (Å²) >= 11 is 0.784. The molecule has 37 heavy (non-hydrogen) atoms. The predicted molar refractivity (Wildman–Crippen MR) is 137 cm³/mol. The molecule has 4 amide bonds. The van der Waals surface area contributed by atoms with Crippen LogP contribution in [-0.2, 0) is 25.7 Å². The number of benzene rings is 2. The summed E-state index contributed by atoms with van der Waals surface area (Å²) in [5.74, 6) is -1.52. The summed E-state index contributed by atoms with van der Waals surface area (Å²) in [6.07, 6.45) is 3.35. The van der Waals surface area contributed by atoms with Crippen LogP contribution in [0.5, 0.6) is 0 Å². The zero-order chi connectivity index (χ0) is 25.9. The van der Waals surface area contributed by atoms with Gasteiger partial charge in [-0.15, -0.1) is 0 Å². The third-order valence-electron chi connectivity index (χ3n) is 6.08. The number of hydrogen-bond donors (Lipinski definition) is 1. The fourth-order valence-electron chi connectivity index (χ4n) is 4.24. The van der Waals surface area contributed by atoms with E-state index in [9.17, 15) is 23.6 Å². The van der Waals surface area contributed by atoms with Crippen molar-refractivity contribution in [2.24, 2.45) is 0 Å². The zero-order valence-corrected chi connectivity index (χ0v) is 20.5. The highest BCUT2D eigenvalue weighted by Crippen LogP contribution is 2.34. The van der Waals surface area contributed by atoms with Crippen LogP contribution < -0.4 is 5.32 Å². The van der Waals surface area contributed by atoms with Crippen molar-refractivity contribution in [3.8, 4) is 0 Å². The van der Waals surface area contributed by atoms with Crippen molar-refractivity contribution in [3.05, 3.63) is 71.0 Å². The van der Waals surface area contributed by atoms with E-state index in [1.807, 2.05) is 24.3 Å². The number of carbonyl (C=O) groups is 4. The van der Waals surface area contributed by atoms with E-state index >= 15 is 0 Å². The molecule has 0 spiro atoms. The number of rotatable bonds is 6. The van der Waals surface area contributed by atoms with E-state index in [2.05, 4.69) is 5.32 Å². The first-order valence-electron chi connectivity index (χ1n) is 11.6. The highest BCUT2D eigenvalue weighted by molar-refractivity contribution is 8.18. The molecular weight excluding hydrogens is 499 g/mol. The Hall–Kier alpha value is -3.96. The molecule has 0 saturated carbocycles. The minimum Gasteiger partial charge on any atom is -0.378 e. The van der Waals surface area contributed by atoms with Crippen molar-refractivity contribution in [2.75, 3.05) is 38.2 Å². The summed E-state index contributed by atoms with van der Waals surface area (Å²) in [6, 6.07) is 12.9. The second-order valence-electron chi connectivity index (χ2n) is 8.55. The molecule has 1 aromatic heterocycles. The summed E-state index contributed by atoms with van der Waals surface area (Å²) in [5.41, 5.74) is 1.91. The maximum absolute atomic E-state index is 13.1. The van der Waals surface area contributed by atoms with Gasteiger partial charge in [0.05, 0.1) is 18.1 Å². The lowest BCUT2D eigenvalue weighted by Gasteiger charge is -2.28. The van der Waals surface area contributed by atoms with E-state index in [0.717, 1.165) is 27.6 Å². The maximum Gasteiger partial charge on any atom is 0.294 e. The van der Waals surface area contributed by atoms with Crippen LogP contribution >= 0.6 is 11.8 Å². The van der Waals surface area contributed by atoms with E-state index in [1.165, 1.54) is 24.3 Å². The Morgan fingerprint density at radius 1 is 1.03 bits per heavy atom. The SMILES string of the molecule is O=C(Cn1cc(/C=C2\SC(=O)N(CC(=O)N3CCOCC3)C2=O)c2ccccc21)Nc1ccc(F)cc1. The Bertz CT molecular complexity index is 1410. The molecule has 1 N–H and O–H groups in total. The van der Waals surface area contributed by atoms with Crippen molar-refractivity contribution >= 4 is 57.4 Å². The van der Waals surface area contributed by atoms with E-state index in [0.29, 0.717) is 37.6 Å². The van der Waals surface area contributed by atoms with Gasteiger partial charge in [-0.3, -0.25) is 24.1 Å². The Kier molecular flexibility index (Phi) is 7.06. The largest absolute Gasteiger partial charge is 0.378 e. The number of imide groups is 1. The smallest absolute Gasteiger partial charge is 0.294 e. The highest BCUT2D eigenvalue weighted by atomic mass is 32.2. The molecule has 5 rings (SSSR count). The molecule has 3 heterocycles. The number of fused-ring (bicyclic) bond motifs is 1. The zero-order valence-electron chi connectivity index (χ0n) is 19.7. The number of aromatic nitrogens is 1. The van der Waals surface area contributed by atoms with Gasteiger partial charge in [0.1, 0.15) is 18.9 Å². The number of halogens is 1. The predicted octanol–water partition coefficient (Wildman–Crippen LogP) is 3.31. The average molecular weight is 523 g/mol. The molecule has 2 aliphatic heterocycles. The summed E-state index contributed by atoms with van der Waals surface area (Å²) < 4.78 is 20.1. The lowest BCUT2D eigenvalue weighted by molar-refractivity contribution is -0.139. The number of morpholine rings is 1. The van der Waals surface area contributed by atoms with E-state index in [4.69, 9.17) is 4.74 Å². The van der Waals surface area contributed by atoms with Crippen LogP contribution in [0.25, 0.3) is 17.0 Å². The highest BCUT2D eigenvalue weighted by Gasteiger charge is 2.37. The molecule has 0 radical (unpaired) electrons. The molecule has 190 valence electrons. The summed E-state index contributed by atoms with van der Waals surface area (Å²) in [4.78, 5) is 53.5. The van der Waals surface area contributed by atoms with Crippen molar-refractivity contribution < 1.29 is 28.3 Å². The number of hydrogen-bond acceptors (Lipinski definition) is 6. The molecule has 3 aromatic rings. The number of nitrogens with one attached hydrogen (secondary N) is 1. The van der Waals surface area contributed by atoms with Crippen LogP contribution in [0.4, 0.5) is 14.9 Å². The molecule has 11 heteroatoms. The average Bonchev–Trinajstić information content (AvgIpc) is 3.37. The standard InChI is InChI=1S/C26H23FN4O5S/c27-18-5-7-19(8-6-18)28-23(32)15-30-14-17(20-3-1-2-4-21(20)30)13-22-25(34)31(26(35)37-22)16-24(33)29-9-11-36-12-10-29/h1-8,13-14H,9-12,15-16H2,(H,28,32)/b22-13-. The van der Waals surface area contributed by atoms with E-state index < -0.39 is 17.0 Å². The topological polar surface area (TPSA) is 101 Å². The Balaban J connectivity index is 1.34. The van der Waals surface area contributed by atoms with Crippen LogP contribution in [0.3, 0.4) is 0 Å². The van der Waals surface area contributed by atoms with Gasteiger partial charge in [0, 0.05) is 41.4 Å². The van der Waals surface area contributed by atoms with E-state index in [-0.39, 0.29) is 29.8 Å². The number of ether oxygens (including phenoxy) is 1. The maximum atomic E-state index is 13.1. The van der Waals surface area contributed by atoms with Crippen LogP contribution in [0, 0.1) is 5.82 Å². The normalized spacial score (nSPS) is 17.2. The molecule has 0 aliphatic carbocycles. The molecule has 2 aliphatic rings. The van der Waals surface area contributed by atoms with Crippen LogP contribution in [0.1, 0.15) is 5.56 Å². The second-order valence-corrected chi connectivity index (χ2v) is 9.54. The molecule has 2 fully saturated rings. The quantitative estimate of drug-likeness (QED) is 0.499. The molecule has 0 unspecified atom stereocenters. The Morgan fingerprint density at radius 2 is 1.76 bits per heavy atom. The lowest BCUT2D eigenvalue weighted by atomic mass is 10.1. The van der Waals surface area contributed by atoms with Crippen molar-refractivity contribution in [2.45, 2.75) is 6.54 Å². The minimum absolute atomic E-state index is 0.0126.